The van der Waals surface area contributed by atoms with Gasteiger partial charge in [-0.15, -0.1) is 0 Å². The van der Waals surface area contributed by atoms with Crippen LogP contribution in [0.1, 0.15) is 0 Å². The summed E-state index contributed by atoms with van der Waals surface area (Å²) in [6, 6.07) is 0. The molecule has 0 rings (SSSR count). The van der Waals surface area contributed by atoms with Gasteiger partial charge in [0.25, 0.3) is 0 Å². The molecule has 8 heteroatoms. The second-order valence-corrected chi connectivity index (χ2v) is 2.54. The first kappa shape index (κ1) is 63.9. The second-order valence-electron chi connectivity index (χ2n) is 0.0476. The van der Waals surface area contributed by atoms with Gasteiger partial charge in [-0.1, -0.05) is 0 Å². The van der Waals surface area contributed by atoms with Gasteiger partial charge < -0.3 is 30.8 Å². The number of rotatable bonds is 0. The molecule has 0 saturated carbocycles. The Bertz CT molecular complexity index is 10.4. The molecular formula is H10Cl2N5Rh-5. The van der Waals surface area contributed by atoms with Crippen LogP contribution in [-0.2, 0) is 15.1 Å². The Labute approximate surface area is 65.5 Å². The van der Waals surface area contributed by atoms with Crippen molar-refractivity contribution in [2.75, 3.05) is 0 Å². The van der Waals surface area contributed by atoms with E-state index in [1.165, 1.54) is 0 Å². The summed E-state index contributed by atoms with van der Waals surface area (Å²) in [5.74, 6) is 0. The molecule has 0 aromatic carbocycles. The van der Waals surface area contributed by atoms with Crippen LogP contribution < -0.4 is 0 Å². The summed E-state index contributed by atoms with van der Waals surface area (Å²) in [6.07, 6.45) is 0. The van der Waals surface area contributed by atoms with Crippen LogP contribution in [0.5, 0.6) is 0 Å². The van der Waals surface area contributed by atoms with Gasteiger partial charge in [-0.05, 0) is 0 Å². The third-order valence-corrected chi connectivity index (χ3v) is 0. The van der Waals surface area contributed by atoms with Gasteiger partial charge in [0.2, 0.25) is 0 Å². The maximum atomic E-state index is 4.83. The minimum atomic E-state index is -0.226. The van der Waals surface area contributed by atoms with E-state index in [0.717, 1.165) is 0 Å². The van der Waals surface area contributed by atoms with Crippen molar-refractivity contribution in [3.05, 3.63) is 30.8 Å². The van der Waals surface area contributed by atoms with E-state index >= 15 is 0 Å². The number of halogens is 2. The molecule has 0 heterocycles. The Morgan fingerprint density at radius 2 is 0.625 bits per heavy atom. The summed E-state index contributed by atoms with van der Waals surface area (Å²) in [7, 11) is 9.67. The molecule has 0 atom stereocenters. The van der Waals surface area contributed by atoms with Crippen LogP contribution in [0.3, 0.4) is 0 Å². The molecule has 0 bridgehead atoms. The fraction of sp³-hybridized carbons (Fsp3) is 0. The Balaban J connectivity index is -0.00000000200. The molecule has 63 valence electrons. The van der Waals surface area contributed by atoms with Gasteiger partial charge in [0.15, 0.2) is 0 Å². The fourth-order valence-corrected chi connectivity index (χ4v) is 0. The van der Waals surface area contributed by atoms with Crippen molar-refractivity contribution in [2.24, 2.45) is 0 Å². The van der Waals surface area contributed by atoms with Crippen LogP contribution in [0.2, 0.25) is 0 Å². The Kier molecular flexibility index (Phi) is 782. The van der Waals surface area contributed by atoms with Crippen LogP contribution >= 0.6 is 19.4 Å². The van der Waals surface area contributed by atoms with Gasteiger partial charge in [0.05, 0.1) is 0 Å². The van der Waals surface area contributed by atoms with Crippen LogP contribution in [0, 0.1) is 0 Å². The van der Waals surface area contributed by atoms with E-state index in [2.05, 4.69) is 0 Å². The maximum Gasteiger partial charge on any atom is -0.693 e. The van der Waals surface area contributed by atoms with E-state index in [9.17, 15) is 0 Å². The van der Waals surface area contributed by atoms with Crippen LogP contribution in [0.15, 0.2) is 0 Å². The zero-order valence-corrected chi connectivity index (χ0v) is 7.13. The van der Waals surface area contributed by atoms with Crippen molar-refractivity contribution in [2.45, 2.75) is 0 Å². The van der Waals surface area contributed by atoms with Crippen LogP contribution in [0.4, 0.5) is 0 Å². The molecule has 0 spiro atoms. The number of hydrogen-bond donors (Lipinski definition) is 0. The zero-order valence-electron chi connectivity index (χ0n) is 3.98. The van der Waals surface area contributed by atoms with Crippen LogP contribution in [-0.4, -0.2) is 0 Å². The zero-order chi connectivity index (χ0) is 2.71. The minimum absolute atomic E-state index is 0. The summed E-state index contributed by atoms with van der Waals surface area (Å²) in [5.41, 5.74) is 0. The van der Waals surface area contributed by atoms with E-state index < -0.39 is 0 Å². The molecule has 0 aliphatic rings. The van der Waals surface area contributed by atoms with E-state index in [1.807, 2.05) is 0 Å². The summed E-state index contributed by atoms with van der Waals surface area (Å²) >= 11 is -0.226. The van der Waals surface area contributed by atoms with Gasteiger partial charge in [0, 0.05) is 0 Å². The summed E-state index contributed by atoms with van der Waals surface area (Å²) in [6.45, 7) is 0. The normalized spacial score (nSPS) is 2.75. The van der Waals surface area contributed by atoms with Crippen molar-refractivity contribution in [3.8, 4) is 0 Å². The number of hydrogen-bond acceptors (Lipinski definition) is 0. The predicted octanol–water partition coefficient (Wildman–Crippen LogP) is 4.96. The van der Waals surface area contributed by atoms with Gasteiger partial charge in [-0.2, -0.15) is 0 Å². The molecule has 0 aliphatic carbocycles. The molecule has 0 unspecified atom stereocenters. The minimum Gasteiger partial charge on any atom is -0.693 e. The molecule has 0 saturated heterocycles. The third-order valence-electron chi connectivity index (χ3n) is 0. The van der Waals surface area contributed by atoms with Gasteiger partial charge >= 0.3 is 34.5 Å². The maximum absolute atomic E-state index is 4.83. The molecule has 5 nitrogen and oxygen atoms in total. The quantitative estimate of drug-likeness (QED) is 0.532. The first-order valence-electron chi connectivity index (χ1n) is 0.252. The molecule has 0 radical (unpaired) electrons. The number of nitrogens with two attached hydrogens (primary N) is 5. The average molecular weight is 254 g/mol. The van der Waals surface area contributed by atoms with Gasteiger partial charge in [-0.25, -0.2) is 0 Å². The average Bonchev–Trinajstić information content (AvgIpc) is 0.918. The van der Waals surface area contributed by atoms with Crippen molar-refractivity contribution in [1.82, 2.24) is 0 Å². The molecule has 0 amide bonds. The Morgan fingerprint density at radius 3 is 0.625 bits per heavy atom. The van der Waals surface area contributed by atoms with E-state index in [1.54, 1.807) is 0 Å². The predicted molar refractivity (Wildman–Crippen MR) is 38.1 cm³/mol. The SMILES string of the molecule is [Cl][Rh][Cl].[NH2-].[NH2-].[NH2-].[NH2-].[NH2-]. The van der Waals surface area contributed by atoms with E-state index in [4.69, 9.17) is 19.4 Å². The Morgan fingerprint density at radius 1 is 0.625 bits per heavy atom. The van der Waals surface area contributed by atoms with Crippen molar-refractivity contribution >= 4 is 19.4 Å². The van der Waals surface area contributed by atoms with Crippen molar-refractivity contribution in [3.63, 3.8) is 0 Å². The summed E-state index contributed by atoms with van der Waals surface area (Å²) in [5, 5.41) is 0. The molecule has 8 heavy (non-hydrogen) atoms. The van der Waals surface area contributed by atoms with Crippen LogP contribution in [0.25, 0.3) is 30.8 Å². The van der Waals surface area contributed by atoms with E-state index in [0.29, 0.717) is 0 Å². The van der Waals surface area contributed by atoms with Gasteiger partial charge in [-0.3, -0.25) is 0 Å². The molecule has 0 aliphatic heterocycles. The summed E-state index contributed by atoms with van der Waals surface area (Å²) < 4.78 is 0. The largest absolute Gasteiger partial charge is 0.693 e. The standard InChI is InChI=1S/2ClH.5H2N.Rh/h2*1H;5*1H2;/q;;5*-1;+2/p-2. The smallest absolute Gasteiger partial charge is 0.693 e. The topological polar surface area (TPSA) is 168 Å². The first-order valence-corrected chi connectivity index (χ1v) is 4.47. The molecule has 0 fully saturated rings. The second kappa shape index (κ2) is 97.8. The molecule has 0 aromatic rings. The third kappa shape index (κ3) is 251. The van der Waals surface area contributed by atoms with Gasteiger partial charge in [0.1, 0.15) is 0 Å². The Hall–Kier alpha value is 1.00. The van der Waals surface area contributed by atoms with Crippen molar-refractivity contribution in [1.29, 1.82) is 0 Å². The fourth-order valence-electron chi connectivity index (χ4n) is 0. The summed E-state index contributed by atoms with van der Waals surface area (Å²) in [4.78, 5) is 0. The van der Waals surface area contributed by atoms with Crippen molar-refractivity contribution < 1.29 is 15.1 Å². The molecule has 0 aromatic heterocycles. The molecule has 10 N–H and O–H groups in total. The van der Waals surface area contributed by atoms with E-state index in [-0.39, 0.29) is 45.9 Å². The first-order chi connectivity index (χ1) is 1.41. The molecular weight excluding hydrogens is 244 g/mol. The monoisotopic (exact) mass is 253 g/mol.